The van der Waals surface area contributed by atoms with E-state index in [1.165, 1.54) is 23.1 Å². The highest BCUT2D eigenvalue weighted by atomic mass is 35.5. The predicted molar refractivity (Wildman–Crippen MR) is 112 cm³/mol. The fourth-order valence-electron chi connectivity index (χ4n) is 2.49. The third kappa shape index (κ3) is 4.41. The van der Waals surface area contributed by atoms with Gasteiger partial charge in [0.2, 0.25) is 12.2 Å². The molecule has 0 fully saturated rings. The van der Waals surface area contributed by atoms with Gasteiger partial charge in [0.15, 0.2) is 10.8 Å². The van der Waals surface area contributed by atoms with Crippen LogP contribution in [0.4, 0.5) is 5.13 Å². The number of halogens is 1. The van der Waals surface area contributed by atoms with Gasteiger partial charge in [-0.3, -0.25) is 4.79 Å². The molecule has 0 aliphatic rings. The summed E-state index contributed by atoms with van der Waals surface area (Å²) in [4.78, 5) is 21.1. The average Bonchev–Trinajstić information content (AvgIpc) is 3.37. The van der Waals surface area contributed by atoms with E-state index < -0.39 is 0 Å². The molecule has 0 unspecified atom stereocenters. The van der Waals surface area contributed by atoms with Crippen molar-refractivity contribution in [2.45, 2.75) is 5.16 Å². The maximum atomic E-state index is 12.3. The molecule has 0 aliphatic heterocycles. The molecule has 1 amide bonds. The molecule has 140 valence electrons. The van der Waals surface area contributed by atoms with E-state index >= 15 is 0 Å². The van der Waals surface area contributed by atoms with E-state index in [4.69, 9.17) is 11.6 Å². The van der Waals surface area contributed by atoms with Crippen molar-refractivity contribution in [2.24, 2.45) is 0 Å². The van der Waals surface area contributed by atoms with Crippen LogP contribution in [0.5, 0.6) is 0 Å². The second kappa shape index (κ2) is 8.55. The van der Waals surface area contributed by atoms with E-state index in [1.807, 2.05) is 64.7 Å². The van der Waals surface area contributed by atoms with Gasteiger partial charge in [-0.25, -0.2) is 4.98 Å². The molecule has 2 N–H and O–H groups in total. The number of hydrogen-bond acceptors (Lipinski definition) is 5. The molecule has 2 heterocycles. The lowest BCUT2D eigenvalue weighted by molar-refractivity contribution is -0.694. The van der Waals surface area contributed by atoms with Gasteiger partial charge in [-0.05, 0) is 41.0 Å². The lowest BCUT2D eigenvalue weighted by atomic mass is 10.2. The van der Waals surface area contributed by atoms with Crippen molar-refractivity contribution >= 4 is 45.7 Å². The minimum atomic E-state index is -0.135. The molecule has 4 rings (SSSR count). The largest absolute Gasteiger partial charge is 0.385 e. The molecular formula is C19H15ClN5OS2+. The molecule has 0 atom stereocenters. The van der Waals surface area contributed by atoms with Crippen molar-refractivity contribution in [3.8, 4) is 16.9 Å². The standard InChI is InChI=1S/C19H14ClN5OS2/c20-14-8-6-13(7-9-14)16-10-27-18(23-16)24-17(26)11-28-19-21-12-22-25(19)15-4-2-1-3-5-15/h1-10,12H,11H2,(H,23,24,26)/p+1. The first-order valence-electron chi connectivity index (χ1n) is 8.34. The smallest absolute Gasteiger partial charge is 0.301 e. The van der Waals surface area contributed by atoms with Crippen LogP contribution in [0.15, 0.2) is 71.5 Å². The second-order valence-corrected chi connectivity index (χ2v) is 7.96. The fourth-order valence-corrected chi connectivity index (χ4v) is 4.10. The van der Waals surface area contributed by atoms with Crippen molar-refractivity contribution in [2.75, 3.05) is 11.1 Å². The number of thiazole rings is 1. The van der Waals surface area contributed by atoms with Crippen LogP contribution in [0.25, 0.3) is 16.9 Å². The Hall–Kier alpha value is -2.68. The molecule has 4 aromatic rings. The summed E-state index contributed by atoms with van der Waals surface area (Å²) in [5, 5.41) is 9.75. The number of aromatic nitrogens is 4. The molecular weight excluding hydrogens is 414 g/mol. The van der Waals surface area contributed by atoms with Crippen LogP contribution in [0.3, 0.4) is 0 Å². The Kier molecular flexibility index (Phi) is 5.70. The van der Waals surface area contributed by atoms with Crippen LogP contribution in [0.2, 0.25) is 5.02 Å². The first kappa shape index (κ1) is 18.7. The monoisotopic (exact) mass is 428 g/mol. The summed E-state index contributed by atoms with van der Waals surface area (Å²) in [6, 6.07) is 17.2. The van der Waals surface area contributed by atoms with Gasteiger partial charge in [0.05, 0.1) is 11.4 Å². The van der Waals surface area contributed by atoms with Crippen molar-refractivity contribution in [1.82, 2.24) is 15.1 Å². The van der Waals surface area contributed by atoms with Gasteiger partial charge in [-0.2, -0.15) is 5.10 Å². The predicted octanol–water partition coefficient (Wildman–Crippen LogP) is 4.19. The Morgan fingerprint density at radius 2 is 1.96 bits per heavy atom. The quantitative estimate of drug-likeness (QED) is 0.356. The number of thioether (sulfide) groups is 1. The van der Waals surface area contributed by atoms with Crippen molar-refractivity contribution in [3.63, 3.8) is 0 Å². The number of anilines is 1. The summed E-state index contributed by atoms with van der Waals surface area (Å²) in [5.41, 5.74) is 2.71. The van der Waals surface area contributed by atoms with Crippen LogP contribution >= 0.6 is 34.7 Å². The number of rotatable bonds is 6. The highest BCUT2D eigenvalue weighted by molar-refractivity contribution is 7.99. The van der Waals surface area contributed by atoms with Crippen molar-refractivity contribution in [3.05, 3.63) is 71.3 Å². The van der Waals surface area contributed by atoms with E-state index in [-0.39, 0.29) is 11.7 Å². The molecule has 0 radical (unpaired) electrons. The maximum Gasteiger partial charge on any atom is 0.385 e. The van der Waals surface area contributed by atoms with Crippen LogP contribution in [-0.4, -0.2) is 26.7 Å². The Morgan fingerprint density at radius 1 is 1.18 bits per heavy atom. The Morgan fingerprint density at radius 3 is 2.75 bits per heavy atom. The first-order valence-corrected chi connectivity index (χ1v) is 10.6. The number of carbonyl (C=O) groups excluding carboxylic acids is 1. The minimum Gasteiger partial charge on any atom is -0.301 e. The molecule has 0 aliphatic carbocycles. The van der Waals surface area contributed by atoms with Gasteiger partial charge in [0.25, 0.3) is 0 Å². The van der Waals surface area contributed by atoms with E-state index in [1.54, 1.807) is 6.33 Å². The number of aromatic amines is 1. The highest BCUT2D eigenvalue weighted by Gasteiger charge is 2.19. The van der Waals surface area contributed by atoms with Gasteiger partial charge >= 0.3 is 5.16 Å². The van der Waals surface area contributed by atoms with Crippen molar-refractivity contribution in [1.29, 1.82) is 0 Å². The zero-order valence-corrected chi connectivity index (χ0v) is 16.9. The zero-order chi connectivity index (χ0) is 19.3. The fraction of sp³-hybridized carbons (Fsp3) is 0.0526. The lowest BCUT2D eigenvalue weighted by Crippen LogP contribution is -2.35. The summed E-state index contributed by atoms with van der Waals surface area (Å²) in [5.74, 6) is 0.0951. The topological polar surface area (TPSA) is 74.6 Å². The number of carbonyl (C=O) groups is 1. The third-order valence-electron chi connectivity index (χ3n) is 3.79. The number of H-pyrrole nitrogens is 1. The van der Waals surface area contributed by atoms with E-state index in [9.17, 15) is 4.79 Å². The van der Waals surface area contributed by atoms with Gasteiger partial charge in [-0.15, -0.1) is 16.0 Å². The number of nitrogens with zero attached hydrogens (tertiary/aromatic N) is 3. The molecule has 6 nitrogen and oxygen atoms in total. The first-order chi connectivity index (χ1) is 13.7. The third-order valence-corrected chi connectivity index (χ3v) is 5.75. The van der Waals surface area contributed by atoms with Gasteiger partial charge in [0, 0.05) is 16.0 Å². The number of benzene rings is 2. The summed E-state index contributed by atoms with van der Waals surface area (Å²) in [7, 11) is 0. The molecule has 2 aromatic carbocycles. The van der Waals surface area contributed by atoms with Crippen LogP contribution < -0.4 is 10.00 Å². The summed E-state index contributed by atoms with van der Waals surface area (Å²) >= 11 is 8.65. The number of nitrogens with one attached hydrogen (secondary N) is 2. The van der Waals surface area contributed by atoms with Gasteiger partial charge < -0.3 is 5.32 Å². The SMILES string of the molecule is O=C(CSc1nc[nH][n+]1-c1ccccc1)Nc1nc(-c2ccc(Cl)cc2)cs1. The molecule has 28 heavy (non-hydrogen) atoms. The minimum absolute atomic E-state index is 0.135. The number of amides is 1. The van der Waals surface area contributed by atoms with Crippen LogP contribution in [-0.2, 0) is 4.79 Å². The van der Waals surface area contributed by atoms with Crippen LogP contribution in [0.1, 0.15) is 0 Å². The lowest BCUT2D eigenvalue weighted by Gasteiger charge is -2.00. The molecule has 0 saturated carbocycles. The molecule has 0 saturated heterocycles. The molecule has 2 aromatic heterocycles. The zero-order valence-electron chi connectivity index (χ0n) is 14.5. The van der Waals surface area contributed by atoms with E-state index in [0.29, 0.717) is 15.3 Å². The number of hydrogen-bond donors (Lipinski definition) is 2. The Bertz CT molecular complexity index is 1080. The Labute approximate surface area is 174 Å². The van der Waals surface area contributed by atoms with Gasteiger partial charge in [-0.1, -0.05) is 41.9 Å². The van der Waals surface area contributed by atoms with Crippen LogP contribution in [0, 0.1) is 0 Å². The highest BCUT2D eigenvalue weighted by Crippen LogP contribution is 2.26. The maximum absolute atomic E-state index is 12.3. The molecule has 9 heteroatoms. The van der Waals surface area contributed by atoms with E-state index in [2.05, 4.69) is 20.4 Å². The average molecular weight is 429 g/mol. The number of para-hydroxylation sites is 1. The normalized spacial score (nSPS) is 10.8. The molecule has 0 bridgehead atoms. The summed E-state index contributed by atoms with van der Waals surface area (Å²) in [6.45, 7) is 0. The summed E-state index contributed by atoms with van der Waals surface area (Å²) in [6.07, 6.45) is 1.60. The van der Waals surface area contributed by atoms with Gasteiger partial charge in [0.1, 0.15) is 0 Å². The van der Waals surface area contributed by atoms with Crippen molar-refractivity contribution < 1.29 is 9.48 Å². The summed E-state index contributed by atoms with van der Waals surface area (Å²) < 4.78 is 1.83. The second-order valence-electron chi connectivity index (χ2n) is 5.72. The Balaban J connectivity index is 1.37. The molecule has 0 spiro atoms. The van der Waals surface area contributed by atoms with E-state index in [0.717, 1.165) is 16.9 Å².